The Labute approximate surface area is 145 Å². The molecule has 2 aromatic carbocycles. The molecule has 0 saturated carbocycles. The predicted octanol–water partition coefficient (Wildman–Crippen LogP) is 2.76. The molecular formula is C19H20N2O4. The van der Waals surface area contributed by atoms with Gasteiger partial charge in [-0.1, -0.05) is 45.0 Å². The van der Waals surface area contributed by atoms with Gasteiger partial charge in [0.15, 0.2) is 0 Å². The molecule has 2 rings (SSSR count). The van der Waals surface area contributed by atoms with Gasteiger partial charge < -0.3 is 5.11 Å². The number of hydrogen-bond donors (Lipinski definition) is 3. The Balaban J connectivity index is 2.05. The highest BCUT2D eigenvalue weighted by Crippen LogP contribution is 2.22. The summed E-state index contributed by atoms with van der Waals surface area (Å²) in [5, 5.41) is 9.09. The molecule has 25 heavy (non-hydrogen) atoms. The van der Waals surface area contributed by atoms with E-state index in [1.54, 1.807) is 18.2 Å². The van der Waals surface area contributed by atoms with Gasteiger partial charge in [-0.15, -0.1) is 0 Å². The van der Waals surface area contributed by atoms with Gasteiger partial charge in [-0.2, -0.15) is 0 Å². The van der Waals surface area contributed by atoms with Crippen molar-refractivity contribution in [3.63, 3.8) is 0 Å². The third-order valence-corrected chi connectivity index (χ3v) is 3.70. The zero-order valence-electron chi connectivity index (χ0n) is 14.3. The van der Waals surface area contributed by atoms with Crippen molar-refractivity contribution in [1.82, 2.24) is 10.9 Å². The van der Waals surface area contributed by atoms with E-state index in [0.717, 1.165) is 5.56 Å². The molecule has 0 spiro atoms. The van der Waals surface area contributed by atoms with Crippen LogP contribution in [0.5, 0.6) is 0 Å². The zero-order valence-corrected chi connectivity index (χ0v) is 14.3. The summed E-state index contributed by atoms with van der Waals surface area (Å²) < 4.78 is 0. The number of amides is 2. The molecule has 0 radical (unpaired) electrons. The third-order valence-electron chi connectivity index (χ3n) is 3.70. The fourth-order valence-electron chi connectivity index (χ4n) is 2.24. The molecule has 6 nitrogen and oxygen atoms in total. The van der Waals surface area contributed by atoms with Crippen LogP contribution in [0.1, 0.15) is 57.4 Å². The molecule has 3 N–H and O–H groups in total. The highest BCUT2D eigenvalue weighted by Gasteiger charge is 2.17. The van der Waals surface area contributed by atoms with Crippen molar-refractivity contribution in [2.45, 2.75) is 26.2 Å². The molecule has 0 aliphatic heterocycles. The number of hydrazine groups is 1. The lowest BCUT2D eigenvalue weighted by Gasteiger charge is -2.19. The summed E-state index contributed by atoms with van der Waals surface area (Å²) in [6.45, 7) is 6.21. The van der Waals surface area contributed by atoms with E-state index in [9.17, 15) is 14.4 Å². The fraction of sp³-hybridized carbons (Fsp3) is 0.211. The molecular weight excluding hydrogens is 320 g/mol. The summed E-state index contributed by atoms with van der Waals surface area (Å²) in [4.78, 5) is 35.4. The Bertz CT molecular complexity index is 805. The van der Waals surface area contributed by atoms with Gasteiger partial charge in [0.1, 0.15) is 0 Å². The van der Waals surface area contributed by atoms with E-state index < -0.39 is 17.8 Å². The van der Waals surface area contributed by atoms with E-state index in [0.29, 0.717) is 5.56 Å². The molecule has 0 heterocycles. The molecule has 0 aromatic heterocycles. The molecule has 0 aliphatic rings. The van der Waals surface area contributed by atoms with Crippen molar-refractivity contribution in [1.29, 1.82) is 0 Å². The minimum atomic E-state index is -1.21. The van der Waals surface area contributed by atoms with Crippen LogP contribution in [0.25, 0.3) is 0 Å². The molecule has 0 saturated heterocycles. The summed E-state index contributed by atoms with van der Waals surface area (Å²) in [5.41, 5.74) is 5.81. The SMILES string of the molecule is CC(C)(C)c1ccc(C(=O)NNC(=O)c2ccccc2C(=O)O)cc1. The molecule has 0 fully saturated rings. The first-order valence-electron chi connectivity index (χ1n) is 7.73. The minimum Gasteiger partial charge on any atom is -0.478 e. The topological polar surface area (TPSA) is 95.5 Å². The molecule has 6 heteroatoms. The molecule has 2 amide bonds. The van der Waals surface area contributed by atoms with Crippen molar-refractivity contribution >= 4 is 17.8 Å². The molecule has 0 unspecified atom stereocenters. The van der Waals surface area contributed by atoms with E-state index >= 15 is 0 Å². The van der Waals surface area contributed by atoms with Gasteiger partial charge in [-0.3, -0.25) is 20.4 Å². The fourth-order valence-corrected chi connectivity index (χ4v) is 2.24. The lowest BCUT2D eigenvalue weighted by Crippen LogP contribution is -2.42. The highest BCUT2D eigenvalue weighted by molar-refractivity contribution is 6.05. The Hall–Kier alpha value is -3.15. The van der Waals surface area contributed by atoms with E-state index in [1.165, 1.54) is 18.2 Å². The van der Waals surface area contributed by atoms with Crippen LogP contribution >= 0.6 is 0 Å². The van der Waals surface area contributed by atoms with Gasteiger partial charge >= 0.3 is 5.97 Å². The van der Waals surface area contributed by atoms with Crippen molar-refractivity contribution < 1.29 is 19.5 Å². The maximum Gasteiger partial charge on any atom is 0.336 e. The van der Waals surface area contributed by atoms with Crippen molar-refractivity contribution in [2.24, 2.45) is 0 Å². The number of carboxylic acids is 1. The van der Waals surface area contributed by atoms with Gasteiger partial charge in [0, 0.05) is 5.56 Å². The van der Waals surface area contributed by atoms with Gasteiger partial charge in [-0.25, -0.2) is 4.79 Å². The average Bonchev–Trinajstić information content (AvgIpc) is 2.58. The summed E-state index contributed by atoms with van der Waals surface area (Å²) in [7, 11) is 0. The molecule has 0 aliphatic carbocycles. The maximum absolute atomic E-state index is 12.1. The number of carboxylic acid groups (broad SMARTS) is 1. The van der Waals surface area contributed by atoms with Gasteiger partial charge in [0.2, 0.25) is 0 Å². The van der Waals surface area contributed by atoms with E-state index in [1.807, 2.05) is 12.1 Å². The first-order valence-corrected chi connectivity index (χ1v) is 7.73. The number of benzene rings is 2. The lowest BCUT2D eigenvalue weighted by atomic mass is 9.87. The largest absolute Gasteiger partial charge is 0.478 e. The van der Waals surface area contributed by atoms with Gasteiger partial charge in [0.05, 0.1) is 11.1 Å². The Kier molecular flexibility index (Phi) is 5.22. The highest BCUT2D eigenvalue weighted by atomic mass is 16.4. The smallest absolute Gasteiger partial charge is 0.336 e. The standard InChI is InChI=1S/C19H20N2O4/c1-19(2,3)13-10-8-12(9-11-13)16(22)20-21-17(23)14-6-4-5-7-15(14)18(24)25/h4-11H,1-3H3,(H,20,22)(H,21,23)(H,24,25). The van der Waals surface area contributed by atoms with Crippen LogP contribution < -0.4 is 10.9 Å². The van der Waals surface area contributed by atoms with Crippen LogP contribution in [-0.2, 0) is 5.41 Å². The Morgan fingerprint density at radius 2 is 1.32 bits per heavy atom. The molecule has 2 aromatic rings. The normalized spacial score (nSPS) is 10.8. The predicted molar refractivity (Wildman–Crippen MR) is 93.5 cm³/mol. The number of nitrogens with one attached hydrogen (secondary N) is 2. The maximum atomic E-state index is 12.1. The second-order valence-electron chi connectivity index (χ2n) is 6.59. The second kappa shape index (κ2) is 7.17. The number of carbonyl (C=O) groups excluding carboxylic acids is 2. The quantitative estimate of drug-likeness (QED) is 0.749. The van der Waals surface area contributed by atoms with Crippen LogP contribution in [0.3, 0.4) is 0 Å². The number of hydrogen-bond acceptors (Lipinski definition) is 3. The Morgan fingerprint density at radius 1 is 0.800 bits per heavy atom. The van der Waals surface area contributed by atoms with Crippen molar-refractivity contribution in [2.75, 3.05) is 0 Å². The zero-order chi connectivity index (χ0) is 18.6. The summed E-state index contributed by atoms with van der Waals surface area (Å²) >= 11 is 0. The van der Waals surface area contributed by atoms with Gasteiger partial charge in [-0.05, 0) is 35.2 Å². The van der Waals surface area contributed by atoms with Crippen LogP contribution in [0.2, 0.25) is 0 Å². The first kappa shape index (κ1) is 18.2. The van der Waals surface area contributed by atoms with E-state index in [4.69, 9.17) is 5.11 Å². The number of rotatable bonds is 3. The van der Waals surface area contributed by atoms with Crippen LogP contribution in [0.4, 0.5) is 0 Å². The molecule has 0 atom stereocenters. The summed E-state index contributed by atoms with van der Waals surface area (Å²) in [6, 6.07) is 12.8. The van der Waals surface area contributed by atoms with Crippen LogP contribution in [0, 0.1) is 0 Å². The van der Waals surface area contributed by atoms with E-state index in [2.05, 4.69) is 31.6 Å². The molecule has 130 valence electrons. The summed E-state index contributed by atoms with van der Waals surface area (Å²) in [5.74, 6) is -2.39. The minimum absolute atomic E-state index is 0.0240. The Morgan fingerprint density at radius 3 is 1.84 bits per heavy atom. The summed E-state index contributed by atoms with van der Waals surface area (Å²) in [6.07, 6.45) is 0. The van der Waals surface area contributed by atoms with Crippen LogP contribution in [0.15, 0.2) is 48.5 Å². The van der Waals surface area contributed by atoms with Crippen molar-refractivity contribution in [3.05, 3.63) is 70.8 Å². The van der Waals surface area contributed by atoms with Crippen molar-refractivity contribution in [3.8, 4) is 0 Å². The second-order valence-corrected chi connectivity index (χ2v) is 6.59. The number of carbonyl (C=O) groups is 3. The monoisotopic (exact) mass is 340 g/mol. The number of aromatic carboxylic acids is 1. The average molecular weight is 340 g/mol. The third kappa shape index (κ3) is 4.44. The first-order chi connectivity index (χ1) is 11.7. The van der Waals surface area contributed by atoms with E-state index in [-0.39, 0.29) is 16.5 Å². The van der Waals surface area contributed by atoms with Crippen LogP contribution in [-0.4, -0.2) is 22.9 Å². The van der Waals surface area contributed by atoms with Gasteiger partial charge in [0.25, 0.3) is 11.8 Å². The molecule has 0 bridgehead atoms. The lowest BCUT2D eigenvalue weighted by molar-refractivity contribution is 0.0690.